The molecule has 29 heavy (non-hydrogen) atoms. The third kappa shape index (κ3) is 4.61. The lowest BCUT2D eigenvalue weighted by molar-refractivity contribution is -0.139. The molecule has 1 aliphatic rings. The zero-order valence-corrected chi connectivity index (χ0v) is 18.0. The van der Waals surface area contributed by atoms with E-state index >= 15 is 0 Å². The van der Waals surface area contributed by atoms with Crippen LogP contribution in [0.4, 0.5) is 0 Å². The number of nitrogens with zero attached hydrogens (tertiary/aromatic N) is 2. The number of fused-ring (bicyclic) bond motifs is 1. The molecule has 2 aromatic rings. The second-order valence-corrected chi connectivity index (χ2v) is 8.96. The fourth-order valence-corrected chi connectivity index (χ4v) is 4.23. The van der Waals surface area contributed by atoms with Gasteiger partial charge in [0.2, 0.25) is 0 Å². The molecule has 7 heteroatoms. The molecule has 1 fully saturated rings. The molecule has 0 bridgehead atoms. The normalized spacial score (nSPS) is 16.5. The van der Waals surface area contributed by atoms with E-state index in [9.17, 15) is 9.59 Å². The smallest absolute Gasteiger partial charge is 0.352 e. The van der Waals surface area contributed by atoms with Crippen molar-refractivity contribution in [3.63, 3.8) is 0 Å². The van der Waals surface area contributed by atoms with Crippen LogP contribution in [0.5, 0.6) is 0 Å². The number of aryl methyl sites for hydroxylation is 1. The Balaban J connectivity index is 1.68. The molecule has 1 saturated heterocycles. The van der Waals surface area contributed by atoms with Gasteiger partial charge in [0, 0.05) is 31.1 Å². The number of carbonyl (C=O) groups excluding carboxylic acids is 1. The van der Waals surface area contributed by atoms with Crippen molar-refractivity contribution in [1.29, 1.82) is 5.41 Å². The minimum absolute atomic E-state index is 0.00847. The highest BCUT2D eigenvalue weighted by molar-refractivity contribution is 6.35. The van der Waals surface area contributed by atoms with Crippen molar-refractivity contribution in [3.05, 3.63) is 34.2 Å². The van der Waals surface area contributed by atoms with Crippen LogP contribution < -0.4 is 5.69 Å². The zero-order chi connectivity index (χ0) is 21.3. The van der Waals surface area contributed by atoms with Gasteiger partial charge in [0.25, 0.3) is 0 Å². The lowest BCUT2D eigenvalue weighted by Crippen LogP contribution is -2.50. The van der Waals surface area contributed by atoms with E-state index in [2.05, 4.69) is 29.8 Å². The molecule has 1 aromatic heterocycles. The number of rotatable bonds is 6. The molecule has 0 unspecified atom stereocenters. The highest BCUT2D eigenvalue weighted by atomic mass is 16.5. The summed E-state index contributed by atoms with van der Waals surface area (Å²) >= 11 is 0. The topological polar surface area (TPSA) is 91.2 Å². The number of hydrogen-bond donors (Lipinski definition) is 2. The number of piperidine rings is 1. The van der Waals surface area contributed by atoms with Gasteiger partial charge in [-0.2, -0.15) is 0 Å². The molecule has 0 radical (unpaired) electrons. The van der Waals surface area contributed by atoms with Crippen molar-refractivity contribution >= 4 is 22.7 Å². The molecule has 0 amide bonds. The van der Waals surface area contributed by atoms with E-state index in [0.29, 0.717) is 6.42 Å². The first-order valence-corrected chi connectivity index (χ1v) is 10.3. The van der Waals surface area contributed by atoms with Crippen molar-refractivity contribution in [2.24, 2.45) is 0 Å². The van der Waals surface area contributed by atoms with Gasteiger partial charge in [0.05, 0.1) is 17.1 Å². The van der Waals surface area contributed by atoms with Crippen LogP contribution in [0.3, 0.4) is 0 Å². The van der Waals surface area contributed by atoms with E-state index in [1.165, 1.54) is 0 Å². The fraction of sp³-hybridized carbons (Fsp3) is 0.591. The second kappa shape index (κ2) is 8.14. The Hall–Kier alpha value is -2.41. The maximum Gasteiger partial charge on any atom is 0.352 e. The first-order valence-electron chi connectivity index (χ1n) is 10.3. The quantitative estimate of drug-likeness (QED) is 0.574. The van der Waals surface area contributed by atoms with E-state index in [1.54, 1.807) is 13.8 Å². The van der Waals surface area contributed by atoms with Gasteiger partial charge in [-0.05, 0) is 65.2 Å². The average molecular weight is 401 g/mol. The SMILES string of the molecule is Cc1ccc2[nH]c(=O)n(C3CCN(C(C)(C)CC(=N)C(=O)OC(C)C)CC3)c2c1. The predicted molar refractivity (Wildman–Crippen MR) is 115 cm³/mol. The molecule has 1 aromatic carbocycles. The third-order valence-electron chi connectivity index (χ3n) is 5.76. The second-order valence-electron chi connectivity index (χ2n) is 8.96. The van der Waals surface area contributed by atoms with Crippen LogP contribution in [0.25, 0.3) is 11.0 Å². The summed E-state index contributed by atoms with van der Waals surface area (Å²) in [5.74, 6) is -0.538. The number of benzene rings is 1. The summed E-state index contributed by atoms with van der Waals surface area (Å²) in [7, 11) is 0. The van der Waals surface area contributed by atoms with Crippen LogP contribution in [0, 0.1) is 12.3 Å². The lowest BCUT2D eigenvalue weighted by atomic mass is 9.91. The van der Waals surface area contributed by atoms with Crippen molar-refractivity contribution < 1.29 is 9.53 Å². The summed E-state index contributed by atoms with van der Waals surface area (Å²) in [6, 6.07) is 6.18. The Bertz CT molecular complexity index is 962. The largest absolute Gasteiger partial charge is 0.459 e. The van der Waals surface area contributed by atoms with Crippen molar-refractivity contribution in [3.8, 4) is 0 Å². The predicted octanol–water partition coefficient (Wildman–Crippen LogP) is 3.41. The molecule has 2 heterocycles. The van der Waals surface area contributed by atoms with E-state index < -0.39 is 5.97 Å². The molecule has 0 atom stereocenters. The minimum Gasteiger partial charge on any atom is -0.459 e. The molecular weight excluding hydrogens is 368 g/mol. The zero-order valence-electron chi connectivity index (χ0n) is 18.0. The summed E-state index contributed by atoms with van der Waals surface area (Å²) in [6.45, 7) is 11.4. The molecule has 1 aliphatic heterocycles. The molecular formula is C22H32N4O3. The fourth-order valence-electron chi connectivity index (χ4n) is 4.23. The highest BCUT2D eigenvalue weighted by Gasteiger charge is 2.34. The van der Waals surface area contributed by atoms with E-state index in [1.807, 2.05) is 23.6 Å². The average Bonchev–Trinajstić information content (AvgIpc) is 2.96. The number of aromatic nitrogens is 2. The van der Waals surface area contributed by atoms with E-state index in [0.717, 1.165) is 42.5 Å². The summed E-state index contributed by atoms with van der Waals surface area (Å²) in [5.41, 5.74) is 2.61. The minimum atomic E-state index is -0.538. The van der Waals surface area contributed by atoms with Crippen molar-refractivity contribution in [2.75, 3.05) is 13.1 Å². The molecule has 2 N–H and O–H groups in total. The summed E-state index contributed by atoms with van der Waals surface area (Å²) < 4.78 is 7.05. The van der Waals surface area contributed by atoms with Crippen LogP contribution in [0.2, 0.25) is 0 Å². The Morgan fingerprint density at radius 2 is 1.97 bits per heavy atom. The van der Waals surface area contributed by atoms with Gasteiger partial charge in [-0.3, -0.25) is 14.9 Å². The van der Waals surface area contributed by atoms with Gasteiger partial charge in [-0.1, -0.05) is 6.07 Å². The van der Waals surface area contributed by atoms with E-state index in [4.69, 9.17) is 10.1 Å². The number of H-pyrrole nitrogens is 1. The molecule has 158 valence electrons. The van der Waals surface area contributed by atoms with Crippen molar-refractivity contribution in [1.82, 2.24) is 14.5 Å². The van der Waals surface area contributed by atoms with Crippen molar-refractivity contribution in [2.45, 2.75) is 71.6 Å². The summed E-state index contributed by atoms with van der Waals surface area (Å²) in [4.78, 5) is 29.8. The van der Waals surface area contributed by atoms with Crippen LogP contribution >= 0.6 is 0 Å². The molecule has 7 nitrogen and oxygen atoms in total. The number of carbonyl (C=O) groups is 1. The Morgan fingerprint density at radius 1 is 1.31 bits per heavy atom. The number of ether oxygens (including phenoxy) is 1. The van der Waals surface area contributed by atoms with E-state index in [-0.39, 0.29) is 29.1 Å². The van der Waals surface area contributed by atoms with Gasteiger partial charge < -0.3 is 9.72 Å². The number of hydrogen-bond acceptors (Lipinski definition) is 5. The van der Waals surface area contributed by atoms with Gasteiger partial charge in [0.1, 0.15) is 5.71 Å². The molecule has 3 rings (SSSR count). The Morgan fingerprint density at radius 3 is 2.59 bits per heavy atom. The maximum atomic E-state index is 12.6. The first kappa shape index (κ1) is 21.3. The summed E-state index contributed by atoms with van der Waals surface area (Å²) in [6.07, 6.45) is 1.83. The standard InChI is InChI=1S/C22H32N4O3/c1-14(2)29-20(27)17(23)13-22(4,5)25-10-8-16(9-11-25)26-19-12-15(3)6-7-18(19)24-21(26)28/h6-7,12,14,16,23H,8-11,13H2,1-5H3,(H,24,28). The maximum absolute atomic E-state index is 12.6. The number of aromatic amines is 1. The lowest BCUT2D eigenvalue weighted by Gasteiger charge is -2.43. The first-order chi connectivity index (χ1) is 13.6. The summed E-state index contributed by atoms with van der Waals surface area (Å²) in [5, 5.41) is 8.10. The van der Waals surface area contributed by atoms with Gasteiger partial charge in [0.15, 0.2) is 0 Å². The molecule has 0 saturated carbocycles. The highest BCUT2D eigenvalue weighted by Crippen LogP contribution is 2.30. The number of esters is 1. The van der Waals surface area contributed by atoms with Crippen LogP contribution in [-0.2, 0) is 9.53 Å². The van der Waals surface area contributed by atoms with Gasteiger partial charge in [-0.15, -0.1) is 0 Å². The molecule has 0 aliphatic carbocycles. The molecule has 0 spiro atoms. The number of likely N-dealkylation sites (tertiary alicyclic amines) is 1. The van der Waals surface area contributed by atoms with Gasteiger partial charge in [-0.25, -0.2) is 9.59 Å². The monoisotopic (exact) mass is 400 g/mol. The number of nitrogens with one attached hydrogen (secondary N) is 2. The Kier molecular flexibility index (Phi) is 5.98. The Labute approximate surface area is 171 Å². The van der Waals surface area contributed by atoms with Gasteiger partial charge >= 0.3 is 11.7 Å². The van der Waals surface area contributed by atoms with Crippen LogP contribution in [-0.4, -0.2) is 50.9 Å². The number of imidazole rings is 1. The van der Waals surface area contributed by atoms with Crippen LogP contribution in [0.1, 0.15) is 58.6 Å². The third-order valence-corrected chi connectivity index (χ3v) is 5.76. The van der Waals surface area contributed by atoms with Crippen LogP contribution in [0.15, 0.2) is 23.0 Å².